The summed E-state index contributed by atoms with van der Waals surface area (Å²) < 4.78 is 0. The third-order valence-corrected chi connectivity index (χ3v) is 4.34. The summed E-state index contributed by atoms with van der Waals surface area (Å²) in [7, 11) is 0. The Labute approximate surface area is 174 Å². The van der Waals surface area contributed by atoms with Crippen molar-refractivity contribution in [2.45, 2.75) is 51.2 Å². The molecule has 0 bridgehead atoms. The molecule has 4 atom stereocenters. The summed E-state index contributed by atoms with van der Waals surface area (Å²) in [6.45, 7) is 2.59. The van der Waals surface area contributed by atoms with E-state index in [1.807, 2.05) is 6.92 Å². The molecular weight excluding hydrogens is 398 g/mol. The third-order valence-electron chi connectivity index (χ3n) is 4.34. The van der Waals surface area contributed by atoms with Crippen molar-refractivity contribution in [1.82, 2.24) is 16.0 Å². The van der Waals surface area contributed by atoms with E-state index >= 15 is 0 Å². The molecule has 0 rings (SSSR count). The maximum Gasteiger partial charge on any atom is 0.328 e. The zero-order valence-electron chi connectivity index (χ0n) is 17.3. The lowest BCUT2D eigenvalue weighted by atomic mass is 9.97. The van der Waals surface area contributed by atoms with Crippen LogP contribution >= 0.6 is 0 Å². The van der Waals surface area contributed by atoms with Gasteiger partial charge in [-0.3, -0.25) is 19.4 Å². The first-order valence-electron chi connectivity index (χ1n) is 9.55. The molecule has 3 amide bonds. The first-order valence-corrected chi connectivity index (χ1v) is 9.55. The molecule has 0 radical (unpaired) electrons. The predicted octanol–water partition coefficient (Wildman–Crippen LogP) is -3.42. The number of nitrogens with one attached hydrogen (secondary N) is 3. The summed E-state index contributed by atoms with van der Waals surface area (Å²) in [5, 5.41) is 24.7. The van der Waals surface area contributed by atoms with E-state index < -0.39 is 55.0 Å². The number of aliphatic hydroxyl groups is 1. The number of nitrogens with two attached hydrogens (primary N) is 3. The number of aliphatic carboxylic acids is 1. The Morgan fingerprint density at radius 1 is 1.10 bits per heavy atom. The van der Waals surface area contributed by atoms with E-state index in [2.05, 4.69) is 20.9 Å². The zero-order chi connectivity index (χ0) is 23.3. The van der Waals surface area contributed by atoms with Gasteiger partial charge in [-0.25, -0.2) is 4.79 Å². The largest absolute Gasteiger partial charge is 0.480 e. The Morgan fingerprint density at radius 2 is 1.73 bits per heavy atom. The topological polar surface area (TPSA) is 235 Å². The SMILES string of the molecule is CCC(C)C(NC(=O)C(N)CCCN=C(N)N)C(=O)NCC(=O)NC(CO)C(=O)O. The summed E-state index contributed by atoms with van der Waals surface area (Å²) in [5.41, 5.74) is 16.3. The second kappa shape index (κ2) is 14.1. The smallest absolute Gasteiger partial charge is 0.328 e. The lowest BCUT2D eigenvalue weighted by Gasteiger charge is -2.25. The number of carboxylic acids is 1. The summed E-state index contributed by atoms with van der Waals surface area (Å²) >= 11 is 0. The maximum atomic E-state index is 12.5. The van der Waals surface area contributed by atoms with Crippen LogP contribution in [0.3, 0.4) is 0 Å². The molecule has 13 heteroatoms. The number of carboxylic acid groups (broad SMARTS) is 1. The van der Waals surface area contributed by atoms with Crippen LogP contribution in [0.25, 0.3) is 0 Å². The number of nitrogens with zero attached hydrogens (tertiary/aromatic N) is 1. The van der Waals surface area contributed by atoms with E-state index in [0.29, 0.717) is 25.8 Å². The van der Waals surface area contributed by atoms with Crippen LogP contribution in [-0.2, 0) is 19.2 Å². The minimum Gasteiger partial charge on any atom is -0.480 e. The van der Waals surface area contributed by atoms with Gasteiger partial charge in [0.1, 0.15) is 12.1 Å². The number of aliphatic imine (C=N–C) groups is 1. The molecule has 11 N–H and O–H groups in total. The molecule has 30 heavy (non-hydrogen) atoms. The van der Waals surface area contributed by atoms with Gasteiger partial charge >= 0.3 is 5.97 Å². The molecule has 0 aliphatic heterocycles. The lowest BCUT2D eigenvalue weighted by molar-refractivity contribution is -0.142. The third kappa shape index (κ3) is 10.6. The molecule has 0 spiro atoms. The van der Waals surface area contributed by atoms with Crippen LogP contribution < -0.4 is 33.2 Å². The highest BCUT2D eigenvalue weighted by atomic mass is 16.4. The first kappa shape index (κ1) is 27.1. The van der Waals surface area contributed by atoms with Gasteiger partial charge in [0.2, 0.25) is 17.7 Å². The number of hydrogen-bond donors (Lipinski definition) is 8. The van der Waals surface area contributed by atoms with Crippen LogP contribution in [0.15, 0.2) is 4.99 Å². The number of carbonyl (C=O) groups excluding carboxylic acids is 3. The van der Waals surface area contributed by atoms with Crippen LogP contribution in [0.1, 0.15) is 33.1 Å². The summed E-state index contributed by atoms with van der Waals surface area (Å²) in [5.74, 6) is -3.66. The Kier molecular flexibility index (Phi) is 12.7. The molecule has 0 saturated carbocycles. The van der Waals surface area contributed by atoms with Crippen molar-refractivity contribution in [3.63, 3.8) is 0 Å². The highest BCUT2D eigenvalue weighted by molar-refractivity contribution is 5.92. The predicted molar refractivity (Wildman–Crippen MR) is 109 cm³/mol. The van der Waals surface area contributed by atoms with Crippen molar-refractivity contribution in [3.05, 3.63) is 0 Å². The molecule has 172 valence electrons. The number of amides is 3. The number of rotatable bonds is 14. The van der Waals surface area contributed by atoms with Crippen molar-refractivity contribution in [1.29, 1.82) is 0 Å². The van der Waals surface area contributed by atoms with Gasteiger partial charge in [-0.1, -0.05) is 20.3 Å². The molecule has 0 aliphatic rings. The Bertz CT molecular complexity index is 624. The van der Waals surface area contributed by atoms with Crippen molar-refractivity contribution >= 4 is 29.7 Å². The molecule has 0 aliphatic carbocycles. The van der Waals surface area contributed by atoms with Crippen LogP contribution in [0.4, 0.5) is 0 Å². The molecule has 4 unspecified atom stereocenters. The van der Waals surface area contributed by atoms with E-state index in [9.17, 15) is 19.2 Å². The first-order chi connectivity index (χ1) is 14.0. The zero-order valence-corrected chi connectivity index (χ0v) is 17.3. The van der Waals surface area contributed by atoms with Crippen LogP contribution in [0, 0.1) is 5.92 Å². The van der Waals surface area contributed by atoms with E-state index in [0.717, 1.165) is 0 Å². The van der Waals surface area contributed by atoms with Gasteiger partial charge in [0.15, 0.2) is 5.96 Å². The van der Waals surface area contributed by atoms with Gasteiger partial charge in [0.25, 0.3) is 0 Å². The molecule has 0 heterocycles. The standard InChI is InChI=1S/C17H33N7O6/c1-3-9(2)13(24-14(27)10(18)5-4-6-21-17(19)20)15(28)22-7-12(26)23-11(8-25)16(29)30/h9-11,13,25H,3-8,18H2,1-2H3,(H,22,28)(H,23,26)(H,24,27)(H,29,30)(H4,19,20,21). The normalized spacial score (nSPS) is 14.5. The van der Waals surface area contributed by atoms with Crippen molar-refractivity contribution < 1.29 is 29.4 Å². The van der Waals surface area contributed by atoms with Crippen LogP contribution in [0.5, 0.6) is 0 Å². The van der Waals surface area contributed by atoms with Crippen molar-refractivity contribution in [2.75, 3.05) is 19.7 Å². The number of hydrogen-bond acceptors (Lipinski definition) is 7. The van der Waals surface area contributed by atoms with Gasteiger partial charge in [-0.2, -0.15) is 0 Å². The van der Waals surface area contributed by atoms with Crippen LogP contribution in [0.2, 0.25) is 0 Å². The Hall–Kier alpha value is -2.93. The molecule has 0 fully saturated rings. The molecule has 0 aromatic rings. The van der Waals surface area contributed by atoms with E-state index in [1.165, 1.54) is 0 Å². The van der Waals surface area contributed by atoms with Crippen molar-refractivity contribution in [2.24, 2.45) is 28.1 Å². The van der Waals surface area contributed by atoms with Gasteiger partial charge in [0.05, 0.1) is 19.2 Å². The van der Waals surface area contributed by atoms with E-state index in [-0.39, 0.29) is 11.9 Å². The van der Waals surface area contributed by atoms with Crippen molar-refractivity contribution in [3.8, 4) is 0 Å². The number of aliphatic hydroxyl groups excluding tert-OH is 1. The Balaban J connectivity index is 4.77. The number of guanidine groups is 1. The molecule has 0 saturated heterocycles. The second-order valence-corrected chi connectivity index (χ2v) is 6.79. The minimum atomic E-state index is -1.48. The van der Waals surface area contributed by atoms with Gasteiger partial charge in [-0.15, -0.1) is 0 Å². The number of carbonyl (C=O) groups is 4. The minimum absolute atomic E-state index is 0.0563. The molecule has 0 aromatic carbocycles. The fourth-order valence-electron chi connectivity index (χ4n) is 2.32. The monoisotopic (exact) mass is 431 g/mol. The summed E-state index contributed by atoms with van der Waals surface area (Å²) in [4.78, 5) is 51.2. The quantitative estimate of drug-likeness (QED) is 0.0775. The molecule has 13 nitrogen and oxygen atoms in total. The average molecular weight is 431 g/mol. The fraction of sp³-hybridized carbons (Fsp3) is 0.706. The Morgan fingerprint density at radius 3 is 2.23 bits per heavy atom. The van der Waals surface area contributed by atoms with E-state index in [1.54, 1.807) is 6.92 Å². The summed E-state index contributed by atoms with van der Waals surface area (Å²) in [6.07, 6.45) is 1.34. The highest BCUT2D eigenvalue weighted by Crippen LogP contribution is 2.09. The van der Waals surface area contributed by atoms with Gasteiger partial charge in [-0.05, 0) is 18.8 Å². The summed E-state index contributed by atoms with van der Waals surface area (Å²) in [6, 6.07) is -3.29. The fourth-order valence-corrected chi connectivity index (χ4v) is 2.32. The van der Waals surface area contributed by atoms with Crippen LogP contribution in [-0.4, -0.2) is 77.7 Å². The van der Waals surface area contributed by atoms with E-state index in [4.69, 9.17) is 27.4 Å². The second-order valence-electron chi connectivity index (χ2n) is 6.79. The molecular formula is C17H33N7O6. The average Bonchev–Trinajstić information content (AvgIpc) is 2.69. The van der Waals surface area contributed by atoms with Gasteiger partial charge < -0.3 is 43.4 Å². The lowest BCUT2D eigenvalue weighted by Crippen LogP contribution is -2.55. The van der Waals surface area contributed by atoms with Gasteiger partial charge in [0, 0.05) is 6.54 Å². The maximum absolute atomic E-state index is 12.5. The highest BCUT2D eigenvalue weighted by Gasteiger charge is 2.28. The molecule has 0 aromatic heterocycles.